The SMILES string of the molecule is C=CCOC(=O)N1c2cc(OCc3cccc(CC(=O)O)c3)c(OC)cc2C(=O)N2Cc3ccccc3C[C@H]2C1O. The quantitative estimate of drug-likeness (QED) is 0.399. The summed E-state index contributed by atoms with van der Waals surface area (Å²) in [5.41, 5.74) is 3.55. The molecule has 2 amide bonds. The first-order valence-electron chi connectivity index (χ1n) is 13.1. The van der Waals surface area contributed by atoms with E-state index in [1.165, 1.54) is 25.3 Å². The lowest BCUT2D eigenvalue weighted by atomic mass is 9.93. The molecule has 0 aliphatic carbocycles. The van der Waals surface area contributed by atoms with Crippen molar-refractivity contribution in [3.8, 4) is 11.5 Å². The van der Waals surface area contributed by atoms with Gasteiger partial charge in [-0.25, -0.2) is 9.69 Å². The Balaban J connectivity index is 1.55. The number of nitrogens with zero attached hydrogens (tertiary/aromatic N) is 2. The number of hydrogen-bond acceptors (Lipinski definition) is 7. The number of carboxylic acid groups (broad SMARTS) is 1. The molecule has 10 nitrogen and oxygen atoms in total. The molecule has 0 bridgehead atoms. The van der Waals surface area contributed by atoms with Crippen molar-refractivity contribution < 1.29 is 38.8 Å². The van der Waals surface area contributed by atoms with Gasteiger partial charge < -0.3 is 29.3 Å². The van der Waals surface area contributed by atoms with E-state index in [4.69, 9.17) is 19.3 Å². The second-order valence-corrected chi connectivity index (χ2v) is 9.82. The smallest absolute Gasteiger partial charge is 0.416 e. The zero-order valence-corrected chi connectivity index (χ0v) is 22.5. The number of aliphatic hydroxyl groups excluding tert-OH is 1. The Labute approximate surface area is 237 Å². The molecule has 2 aliphatic heterocycles. The van der Waals surface area contributed by atoms with Gasteiger partial charge in [-0.3, -0.25) is 9.59 Å². The van der Waals surface area contributed by atoms with E-state index in [1.54, 1.807) is 29.2 Å². The van der Waals surface area contributed by atoms with Gasteiger partial charge in [0.05, 0.1) is 30.8 Å². The fourth-order valence-corrected chi connectivity index (χ4v) is 5.27. The second kappa shape index (κ2) is 11.7. The highest BCUT2D eigenvalue weighted by Gasteiger charge is 2.45. The number of ether oxygens (including phenoxy) is 3. The number of benzene rings is 3. The molecule has 0 radical (unpaired) electrons. The van der Waals surface area contributed by atoms with Gasteiger partial charge >= 0.3 is 12.1 Å². The molecule has 0 saturated carbocycles. The van der Waals surface area contributed by atoms with Gasteiger partial charge in [-0.15, -0.1) is 0 Å². The van der Waals surface area contributed by atoms with Crippen molar-refractivity contribution >= 4 is 23.7 Å². The molecule has 10 heteroatoms. The van der Waals surface area contributed by atoms with Crippen LogP contribution in [0.2, 0.25) is 0 Å². The molecule has 0 aromatic heterocycles. The Morgan fingerprint density at radius 3 is 2.54 bits per heavy atom. The number of carbonyl (C=O) groups excluding carboxylic acids is 2. The highest BCUT2D eigenvalue weighted by atomic mass is 16.6. The molecule has 2 atom stereocenters. The van der Waals surface area contributed by atoms with Crippen molar-refractivity contribution in [2.24, 2.45) is 0 Å². The molecule has 5 rings (SSSR count). The summed E-state index contributed by atoms with van der Waals surface area (Å²) in [6, 6.07) is 16.9. The minimum Gasteiger partial charge on any atom is -0.493 e. The molecule has 41 heavy (non-hydrogen) atoms. The fraction of sp³-hybridized carbons (Fsp3) is 0.258. The maximum Gasteiger partial charge on any atom is 0.416 e. The van der Waals surface area contributed by atoms with Crippen molar-refractivity contribution in [2.75, 3.05) is 18.6 Å². The minimum absolute atomic E-state index is 0.0596. The summed E-state index contributed by atoms with van der Waals surface area (Å²) in [4.78, 5) is 41.1. The molecule has 2 N–H and O–H groups in total. The molecule has 3 aromatic rings. The van der Waals surface area contributed by atoms with Gasteiger partial charge in [-0.1, -0.05) is 61.2 Å². The first-order valence-corrected chi connectivity index (χ1v) is 13.1. The lowest BCUT2D eigenvalue weighted by Crippen LogP contribution is -2.55. The molecular formula is C31H30N2O8. The van der Waals surface area contributed by atoms with Crippen LogP contribution in [0.1, 0.15) is 32.6 Å². The zero-order chi connectivity index (χ0) is 29.1. The van der Waals surface area contributed by atoms with Crippen LogP contribution in [0.3, 0.4) is 0 Å². The minimum atomic E-state index is -1.42. The molecule has 2 aliphatic rings. The second-order valence-electron chi connectivity index (χ2n) is 9.82. The highest BCUT2D eigenvalue weighted by molar-refractivity contribution is 6.06. The van der Waals surface area contributed by atoms with Crippen LogP contribution in [0, 0.1) is 0 Å². The van der Waals surface area contributed by atoms with E-state index >= 15 is 0 Å². The van der Waals surface area contributed by atoms with Crippen LogP contribution >= 0.6 is 0 Å². The van der Waals surface area contributed by atoms with Crippen LogP contribution < -0.4 is 14.4 Å². The predicted molar refractivity (Wildman–Crippen MR) is 149 cm³/mol. The lowest BCUT2D eigenvalue weighted by molar-refractivity contribution is -0.136. The van der Waals surface area contributed by atoms with E-state index < -0.39 is 24.3 Å². The largest absolute Gasteiger partial charge is 0.493 e. The average molecular weight is 559 g/mol. The van der Waals surface area contributed by atoms with Crippen LogP contribution in [0.5, 0.6) is 11.5 Å². The predicted octanol–water partition coefficient (Wildman–Crippen LogP) is 3.93. The van der Waals surface area contributed by atoms with E-state index in [1.807, 2.05) is 24.3 Å². The van der Waals surface area contributed by atoms with E-state index in [0.29, 0.717) is 17.5 Å². The Bertz CT molecular complexity index is 1500. The Morgan fingerprint density at radius 1 is 1.05 bits per heavy atom. The number of aliphatic hydroxyl groups is 1. The summed E-state index contributed by atoms with van der Waals surface area (Å²) in [6.45, 7) is 3.82. The third-order valence-corrected chi connectivity index (χ3v) is 7.19. The monoisotopic (exact) mass is 558 g/mol. The topological polar surface area (TPSA) is 126 Å². The summed E-state index contributed by atoms with van der Waals surface area (Å²) in [7, 11) is 1.44. The molecule has 1 unspecified atom stereocenters. The van der Waals surface area contributed by atoms with Gasteiger partial charge in [0.1, 0.15) is 13.2 Å². The van der Waals surface area contributed by atoms with E-state index in [0.717, 1.165) is 16.0 Å². The number of carbonyl (C=O) groups is 3. The number of aliphatic carboxylic acids is 1. The van der Waals surface area contributed by atoms with E-state index in [2.05, 4.69) is 6.58 Å². The first-order chi connectivity index (χ1) is 19.8. The maximum atomic E-state index is 14.0. The van der Waals surface area contributed by atoms with Crippen LogP contribution in [0.15, 0.2) is 73.3 Å². The molecule has 2 heterocycles. The van der Waals surface area contributed by atoms with Gasteiger partial charge in [-0.2, -0.15) is 0 Å². The number of amides is 2. The third kappa shape index (κ3) is 5.59. The van der Waals surface area contributed by atoms with Crippen LogP contribution in [-0.2, 0) is 35.5 Å². The van der Waals surface area contributed by atoms with Crippen molar-refractivity contribution in [2.45, 2.75) is 38.3 Å². The summed E-state index contributed by atoms with van der Waals surface area (Å²) < 4.78 is 16.9. The molecule has 0 spiro atoms. The van der Waals surface area contributed by atoms with E-state index in [9.17, 15) is 19.5 Å². The van der Waals surface area contributed by atoms with Gasteiger partial charge in [0.2, 0.25) is 0 Å². The molecular weight excluding hydrogens is 528 g/mol. The van der Waals surface area contributed by atoms with Crippen LogP contribution in [0.4, 0.5) is 10.5 Å². The lowest BCUT2D eigenvalue weighted by Gasteiger charge is -2.39. The van der Waals surface area contributed by atoms with Crippen molar-refractivity contribution in [1.29, 1.82) is 0 Å². The van der Waals surface area contributed by atoms with Crippen molar-refractivity contribution in [1.82, 2.24) is 4.90 Å². The zero-order valence-electron chi connectivity index (χ0n) is 22.5. The third-order valence-electron chi connectivity index (χ3n) is 7.19. The summed E-state index contributed by atoms with van der Waals surface area (Å²) in [5, 5.41) is 20.7. The first kappa shape index (κ1) is 27.7. The molecule has 3 aromatic carbocycles. The number of fused-ring (bicyclic) bond motifs is 3. The summed E-state index contributed by atoms with van der Waals surface area (Å²) in [5.74, 6) is -0.839. The molecule has 0 fully saturated rings. The van der Waals surface area contributed by atoms with Crippen molar-refractivity contribution in [3.05, 3.63) is 101 Å². The number of methoxy groups -OCH3 is 1. The van der Waals surface area contributed by atoms with Crippen LogP contribution in [0.25, 0.3) is 0 Å². The Kier molecular flexibility index (Phi) is 7.93. The van der Waals surface area contributed by atoms with Gasteiger partial charge in [0, 0.05) is 12.6 Å². The summed E-state index contributed by atoms with van der Waals surface area (Å²) >= 11 is 0. The number of rotatable bonds is 8. The molecule has 0 saturated heterocycles. The standard InChI is InChI=1S/C31H30N2O8/c1-3-11-40-31(38)33-24-16-27(41-18-20-8-6-7-19(12-20)13-28(34)35)26(39-2)15-23(24)29(36)32-17-22-10-5-4-9-21(22)14-25(32)30(33)37/h3-10,12,15-16,25,30,37H,1,11,13-14,17-18H2,2H3,(H,34,35)/t25-,30?/m0/s1. The Hall–Kier alpha value is -4.83. The fourth-order valence-electron chi connectivity index (χ4n) is 5.27. The maximum absolute atomic E-state index is 14.0. The van der Waals surface area contributed by atoms with Crippen LogP contribution in [-0.4, -0.2) is 59.1 Å². The van der Waals surface area contributed by atoms with Gasteiger partial charge in [0.25, 0.3) is 5.91 Å². The van der Waals surface area contributed by atoms with Crippen molar-refractivity contribution in [3.63, 3.8) is 0 Å². The summed E-state index contributed by atoms with van der Waals surface area (Å²) in [6.07, 6.45) is -0.628. The average Bonchev–Trinajstić information content (AvgIpc) is 3.05. The Morgan fingerprint density at radius 2 is 1.80 bits per heavy atom. The number of hydrogen-bond donors (Lipinski definition) is 2. The van der Waals surface area contributed by atoms with Gasteiger partial charge in [0.15, 0.2) is 17.7 Å². The molecule has 212 valence electrons. The number of anilines is 1. The normalized spacial score (nSPS) is 17.5. The van der Waals surface area contributed by atoms with E-state index in [-0.39, 0.29) is 54.8 Å². The number of carboxylic acids is 1. The van der Waals surface area contributed by atoms with Gasteiger partial charge in [-0.05, 0) is 34.7 Å². The highest BCUT2D eigenvalue weighted by Crippen LogP contribution is 2.41.